The molecule has 0 saturated heterocycles. The molecule has 17 nitrogen and oxygen atoms in total. The van der Waals surface area contributed by atoms with Crippen molar-refractivity contribution in [2.24, 2.45) is 11.8 Å². The van der Waals surface area contributed by atoms with Crippen LogP contribution in [0.15, 0.2) is 0 Å². The Morgan fingerprint density at radius 3 is 0.800 bits per heavy atom. The minimum absolute atomic E-state index is 0.105. The SMILES string of the molecule is CCCCCCCCCCCCC(=O)O[C@H](COC(=O)CCCCCCC)COP(=O)(O)OC[C@H](O)COP(=O)(O)OC[C@@H](COC(=O)CCCCCCCCCCCCCCC(C)C)OC(=O)CCCCCCCCCCCCCCC(C)C. The number of ether oxygens (including phenoxy) is 4. The summed E-state index contributed by atoms with van der Waals surface area (Å²) < 4.78 is 67.9. The number of aliphatic hydroxyl groups is 1. The lowest BCUT2D eigenvalue weighted by molar-refractivity contribution is -0.161. The number of hydrogen-bond acceptors (Lipinski definition) is 15. The molecule has 0 aliphatic heterocycles. The molecule has 0 heterocycles. The van der Waals surface area contributed by atoms with Crippen LogP contribution in [0.5, 0.6) is 0 Å². The molecule has 0 bridgehead atoms. The molecule has 2 unspecified atom stereocenters. The molecule has 0 spiro atoms. The molecular weight excluding hydrogens is 1130 g/mol. The maximum atomic E-state index is 13.0. The summed E-state index contributed by atoms with van der Waals surface area (Å²) in [6.45, 7) is 9.44. The molecular formula is C66H128O17P2. The van der Waals surface area contributed by atoms with Gasteiger partial charge in [0.05, 0.1) is 26.4 Å². The Morgan fingerprint density at radius 1 is 0.318 bits per heavy atom. The average molecular weight is 1260 g/mol. The molecule has 0 saturated carbocycles. The second-order valence-electron chi connectivity index (χ2n) is 24.8. The molecule has 0 fully saturated rings. The highest BCUT2D eigenvalue weighted by molar-refractivity contribution is 7.47. The number of esters is 4. The number of phosphoric ester groups is 2. The van der Waals surface area contributed by atoms with Gasteiger partial charge in [0.2, 0.25) is 0 Å². The van der Waals surface area contributed by atoms with Crippen LogP contribution in [-0.2, 0) is 65.4 Å². The smallest absolute Gasteiger partial charge is 0.462 e. The van der Waals surface area contributed by atoms with Gasteiger partial charge < -0.3 is 33.8 Å². The fourth-order valence-corrected chi connectivity index (χ4v) is 11.5. The van der Waals surface area contributed by atoms with Crippen LogP contribution in [0.2, 0.25) is 0 Å². The highest BCUT2D eigenvalue weighted by atomic mass is 31.2. The summed E-state index contributed by atoms with van der Waals surface area (Å²) in [5.41, 5.74) is 0. The number of hydrogen-bond donors (Lipinski definition) is 3. The van der Waals surface area contributed by atoms with Gasteiger partial charge in [0.15, 0.2) is 12.2 Å². The first-order valence-corrected chi connectivity index (χ1v) is 37.5. The monoisotopic (exact) mass is 1250 g/mol. The summed E-state index contributed by atoms with van der Waals surface area (Å²) in [6, 6.07) is 0. The predicted octanol–water partition coefficient (Wildman–Crippen LogP) is 18.4. The van der Waals surface area contributed by atoms with Crippen molar-refractivity contribution >= 4 is 39.5 Å². The lowest BCUT2D eigenvalue weighted by atomic mass is 10.0. The van der Waals surface area contributed by atoms with Gasteiger partial charge in [-0.2, -0.15) is 0 Å². The average Bonchev–Trinajstić information content (AvgIpc) is 3.57. The lowest BCUT2D eigenvalue weighted by Gasteiger charge is -2.21. The Morgan fingerprint density at radius 2 is 0.541 bits per heavy atom. The molecule has 19 heteroatoms. The summed E-state index contributed by atoms with van der Waals surface area (Å²) in [7, 11) is -9.88. The lowest BCUT2D eigenvalue weighted by Crippen LogP contribution is -2.30. The Bertz CT molecular complexity index is 1670. The van der Waals surface area contributed by atoms with E-state index in [4.69, 9.17) is 37.0 Å². The number of rotatable bonds is 65. The number of aliphatic hydroxyl groups excluding tert-OH is 1. The van der Waals surface area contributed by atoms with Gasteiger partial charge in [0.1, 0.15) is 19.3 Å². The van der Waals surface area contributed by atoms with E-state index in [-0.39, 0.29) is 25.7 Å². The quantitative estimate of drug-likeness (QED) is 0.0222. The zero-order valence-corrected chi connectivity index (χ0v) is 56.7. The van der Waals surface area contributed by atoms with E-state index >= 15 is 0 Å². The van der Waals surface area contributed by atoms with E-state index in [1.807, 2.05) is 0 Å². The maximum Gasteiger partial charge on any atom is 0.472 e. The molecule has 0 aromatic rings. The topological polar surface area (TPSA) is 237 Å². The third-order valence-corrected chi connectivity index (χ3v) is 17.1. The van der Waals surface area contributed by atoms with E-state index < -0.39 is 97.5 Å². The van der Waals surface area contributed by atoms with Crippen molar-refractivity contribution in [2.45, 2.75) is 349 Å². The molecule has 85 heavy (non-hydrogen) atoms. The third-order valence-electron chi connectivity index (χ3n) is 15.2. The Labute approximate surface area is 517 Å². The van der Waals surface area contributed by atoms with Crippen molar-refractivity contribution in [3.8, 4) is 0 Å². The Balaban J connectivity index is 5.17. The second-order valence-corrected chi connectivity index (χ2v) is 27.7. The molecule has 3 N–H and O–H groups in total. The summed E-state index contributed by atoms with van der Waals surface area (Å²) >= 11 is 0. The summed E-state index contributed by atoms with van der Waals surface area (Å²) in [5.74, 6) is -0.582. The highest BCUT2D eigenvalue weighted by Crippen LogP contribution is 2.45. The van der Waals surface area contributed by atoms with Gasteiger partial charge in [-0.25, -0.2) is 9.13 Å². The van der Waals surface area contributed by atoms with Crippen LogP contribution in [0.25, 0.3) is 0 Å². The van der Waals surface area contributed by atoms with Crippen LogP contribution in [-0.4, -0.2) is 96.7 Å². The van der Waals surface area contributed by atoms with Gasteiger partial charge in [-0.3, -0.25) is 37.3 Å². The van der Waals surface area contributed by atoms with E-state index in [0.29, 0.717) is 25.7 Å². The van der Waals surface area contributed by atoms with Crippen molar-refractivity contribution in [1.29, 1.82) is 0 Å². The van der Waals surface area contributed by atoms with E-state index in [0.717, 1.165) is 108 Å². The highest BCUT2D eigenvalue weighted by Gasteiger charge is 2.30. The van der Waals surface area contributed by atoms with E-state index in [1.165, 1.54) is 141 Å². The van der Waals surface area contributed by atoms with Crippen LogP contribution < -0.4 is 0 Å². The predicted molar refractivity (Wildman–Crippen MR) is 340 cm³/mol. The van der Waals surface area contributed by atoms with Crippen molar-refractivity contribution in [3.63, 3.8) is 0 Å². The molecule has 5 atom stereocenters. The maximum absolute atomic E-state index is 13.0. The first-order valence-electron chi connectivity index (χ1n) is 34.5. The van der Waals surface area contributed by atoms with Gasteiger partial charge in [0.25, 0.3) is 0 Å². The third kappa shape index (κ3) is 60.7. The summed E-state index contributed by atoms with van der Waals surface area (Å²) in [6.07, 6.45) is 42.0. The molecule has 0 aromatic heterocycles. The number of carbonyl (C=O) groups excluding carboxylic acids is 4. The van der Waals surface area contributed by atoms with E-state index in [9.17, 15) is 43.2 Å². The first-order chi connectivity index (χ1) is 40.9. The Hall–Kier alpha value is -1.94. The number of phosphoric acid groups is 2. The van der Waals surface area contributed by atoms with Crippen molar-refractivity contribution in [1.82, 2.24) is 0 Å². The van der Waals surface area contributed by atoms with Crippen molar-refractivity contribution in [2.75, 3.05) is 39.6 Å². The zero-order chi connectivity index (χ0) is 62.9. The standard InChI is InChI=1S/C66H128O17P2/c1-7-9-11-13-14-15-26-32-38-44-50-65(70)82-61(54-76-63(68)48-42-34-12-10-8-2)56-80-84(72,73)78-52-60(67)53-79-85(74,75)81-57-62(83-66(71)51-45-39-33-28-23-19-17-21-25-30-36-41-47-59(5)6)55-77-64(69)49-43-37-31-27-22-18-16-20-24-29-35-40-46-58(3)4/h58-62,67H,7-57H2,1-6H3,(H,72,73)(H,74,75)/t60-,61+,62+/m0/s1. The normalized spacial score (nSPS) is 14.2. The van der Waals surface area contributed by atoms with Crippen LogP contribution in [0, 0.1) is 11.8 Å². The minimum Gasteiger partial charge on any atom is -0.462 e. The molecule has 0 aromatic carbocycles. The Kier molecular flexibility index (Phi) is 57.1. The van der Waals surface area contributed by atoms with Crippen LogP contribution in [0.4, 0.5) is 0 Å². The zero-order valence-electron chi connectivity index (χ0n) is 54.9. The second kappa shape index (κ2) is 58.4. The number of unbranched alkanes of at least 4 members (excludes halogenated alkanes) is 35. The molecule has 504 valence electrons. The van der Waals surface area contributed by atoms with Gasteiger partial charge in [0, 0.05) is 25.7 Å². The summed E-state index contributed by atoms with van der Waals surface area (Å²) in [4.78, 5) is 72.1. The van der Waals surface area contributed by atoms with Gasteiger partial charge in [-0.05, 0) is 37.5 Å². The van der Waals surface area contributed by atoms with Crippen molar-refractivity contribution in [3.05, 3.63) is 0 Å². The van der Waals surface area contributed by atoms with Crippen molar-refractivity contribution < 1.29 is 80.2 Å². The van der Waals surface area contributed by atoms with Crippen LogP contribution in [0.3, 0.4) is 0 Å². The minimum atomic E-state index is -4.95. The van der Waals surface area contributed by atoms with E-state index in [1.54, 1.807) is 0 Å². The molecule has 0 aliphatic carbocycles. The van der Waals surface area contributed by atoms with Gasteiger partial charge >= 0.3 is 39.5 Å². The van der Waals surface area contributed by atoms with Gasteiger partial charge in [-0.1, -0.05) is 279 Å². The number of carbonyl (C=O) groups is 4. The fraction of sp³-hybridized carbons (Fsp3) is 0.939. The van der Waals surface area contributed by atoms with Gasteiger partial charge in [-0.15, -0.1) is 0 Å². The first kappa shape index (κ1) is 83.1. The van der Waals surface area contributed by atoms with Crippen LogP contribution >= 0.6 is 15.6 Å². The fourth-order valence-electron chi connectivity index (χ4n) is 9.88. The van der Waals surface area contributed by atoms with E-state index in [2.05, 4.69) is 41.5 Å². The molecule has 0 amide bonds. The summed E-state index contributed by atoms with van der Waals surface area (Å²) in [5, 5.41) is 10.5. The molecule has 0 aliphatic rings. The molecule has 0 radical (unpaired) electrons. The van der Waals surface area contributed by atoms with Crippen LogP contribution in [0.1, 0.15) is 330 Å². The largest absolute Gasteiger partial charge is 0.472 e. The molecule has 0 rings (SSSR count).